The molecule has 8 nitrogen and oxygen atoms in total. The van der Waals surface area contributed by atoms with Crippen LogP contribution in [0.15, 0.2) is 47.1 Å². The monoisotopic (exact) mass is 473 g/mol. The third-order valence-electron chi connectivity index (χ3n) is 6.09. The Hall–Kier alpha value is -3.52. The van der Waals surface area contributed by atoms with Crippen LogP contribution < -0.4 is 0 Å². The molecule has 0 atom stereocenters. The third kappa shape index (κ3) is 4.98. The molecule has 4 aromatic rings. The van der Waals surface area contributed by atoms with Gasteiger partial charge in [-0.3, -0.25) is 14.4 Å². The Bertz CT molecular complexity index is 1380. The van der Waals surface area contributed by atoms with Crippen molar-refractivity contribution >= 4 is 16.9 Å². The standard InChI is InChI=1S/C27H31N5O3/c1-17(2)32-23-9-8-20(13-22(23)14-28-32)26-29-25(30-35-26)19-6-7-21-15-31(11-10-18(21)12-19)16-24(33)34-27(3,4)5/h6-9,12-14,17H,10-11,15-16H2,1-5H3. The number of ether oxygens (including phenoxy) is 1. The van der Waals surface area contributed by atoms with Gasteiger partial charge in [0.05, 0.1) is 18.3 Å². The van der Waals surface area contributed by atoms with E-state index in [1.807, 2.05) is 55.9 Å². The van der Waals surface area contributed by atoms with Crippen molar-refractivity contribution in [1.82, 2.24) is 24.8 Å². The van der Waals surface area contributed by atoms with Gasteiger partial charge in [-0.2, -0.15) is 10.1 Å². The fraction of sp³-hybridized carbons (Fsp3) is 0.407. The van der Waals surface area contributed by atoms with Crippen LogP contribution in [0.5, 0.6) is 0 Å². The molecule has 1 aliphatic heterocycles. The first-order valence-electron chi connectivity index (χ1n) is 12.0. The van der Waals surface area contributed by atoms with E-state index in [1.54, 1.807) is 0 Å². The second kappa shape index (κ2) is 8.92. The van der Waals surface area contributed by atoms with Gasteiger partial charge in [0.1, 0.15) is 5.60 Å². The molecular formula is C27H31N5O3. The molecule has 0 spiro atoms. The summed E-state index contributed by atoms with van der Waals surface area (Å²) in [7, 11) is 0. The number of carbonyl (C=O) groups excluding carboxylic acids is 1. The zero-order valence-corrected chi connectivity index (χ0v) is 20.9. The molecule has 35 heavy (non-hydrogen) atoms. The molecular weight excluding hydrogens is 442 g/mol. The van der Waals surface area contributed by atoms with E-state index in [2.05, 4.69) is 46.1 Å². The molecule has 0 N–H and O–H groups in total. The first-order valence-corrected chi connectivity index (χ1v) is 12.0. The summed E-state index contributed by atoms with van der Waals surface area (Å²) >= 11 is 0. The van der Waals surface area contributed by atoms with Gasteiger partial charge in [0.2, 0.25) is 5.82 Å². The van der Waals surface area contributed by atoms with E-state index in [0.717, 1.165) is 41.5 Å². The van der Waals surface area contributed by atoms with Gasteiger partial charge in [0.25, 0.3) is 5.89 Å². The van der Waals surface area contributed by atoms with Crippen molar-refractivity contribution in [1.29, 1.82) is 0 Å². The molecule has 182 valence electrons. The lowest BCUT2D eigenvalue weighted by molar-refractivity contribution is -0.156. The number of nitrogens with zero attached hydrogens (tertiary/aromatic N) is 5. The van der Waals surface area contributed by atoms with E-state index in [1.165, 1.54) is 11.1 Å². The molecule has 3 heterocycles. The van der Waals surface area contributed by atoms with Crippen LogP contribution >= 0.6 is 0 Å². The molecule has 0 saturated heterocycles. The maximum Gasteiger partial charge on any atom is 0.320 e. The van der Waals surface area contributed by atoms with Crippen molar-refractivity contribution in [2.75, 3.05) is 13.1 Å². The van der Waals surface area contributed by atoms with Gasteiger partial charge in [-0.05, 0) is 76.4 Å². The summed E-state index contributed by atoms with van der Waals surface area (Å²) in [6.45, 7) is 11.7. The number of esters is 1. The third-order valence-corrected chi connectivity index (χ3v) is 6.09. The molecule has 0 radical (unpaired) electrons. The average Bonchev–Trinajstić information content (AvgIpc) is 3.44. The van der Waals surface area contributed by atoms with Crippen molar-refractivity contribution < 1.29 is 14.1 Å². The van der Waals surface area contributed by atoms with Gasteiger partial charge in [-0.25, -0.2) is 0 Å². The number of aromatic nitrogens is 4. The molecule has 0 aliphatic carbocycles. The lowest BCUT2D eigenvalue weighted by atomic mass is 9.97. The number of hydrogen-bond donors (Lipinski definition) is 0. The second-order valence-electron chi connectivity index (χ2n) is 10.4. The first-order chi connectivity index (χ1) is 16.7. The summed E-state index contributed by atoms with van der Waals surface area (Å²) in [5, 5.41) is 9.76. The van der Waals surface area contributed by atoms with Crippen LogP contribution in [0.4, 0.5) is 0 Å². The average molecular weight is 474 g/mol. The maximum absolute atomic E-state index is 12.2. The van der Waals surface area contributed by atoms with Crippen molar-refractivity contribution in [3.05, 3.63) is 53.7 Å². The van der Waals surface area contributed by atoms with Crippen LogP contribution in [0.1, 0.15) is 51.8 Å². The Morgan fingerprint density at radius 3 is 2.69 bits per heavy atom. The molecule has 0 fully saturated rings. The minimum Gasteiger partial charge on any atom is -0.459 e. The van der Waals surface area contributed by atoms with Crippen molar-refractivity contribution in [2.45, 2.75) is 59.2 Å². The Labute approximate surface area is 204 Å². The Morgan fingerprint density at radius 1 is 1.11 bits per heavy atom. The number of fused-ring (bicyclic) bond motifs is 2. The molecule has 0 amide bonds. The van der Waals surface area contributed by atoms with Crippen LogP contribution in [-0.4, -0.2) is 49.5 Å². The fourth-order valence-corrected chi connectivity index (χ4v) is 4.50. The summed E-state index contributed by atoms with van der Waals surface area (Å²) in [6, 6.07) is 12.6. The van der Waals surface area contributed by atoms with E-state index in [4.69, 9.17) is 9.26 Å². The number of rotatable bonds is 5. The summed E-state index contributed by atoms with van der Waals surface area (Å²) in [6.07, 6.45) is 2.72. The van der Waals surface area contributed by atoms with Gasteiger partial charge < -0.3 is 9.26 Å². The predicted octanol–water partition coefficient (Wildman–Crippen LogP) is 5.03. The van der Waals surface area contributed by atoms with Crippen LogP contribution in [0, 0.1) is 0 Å². The topological polar surface area (TPSA) is 86.3 Å². The van der Waals surface area contributed by atoms with Crippen LogP contribution in [0.25, 0.3) is 33.7 Å². The van der Waals surface area contributed by atoms with Gasteiger partial charge in [0.15, 0.2) is 0 Å². The van der Waals surface area contributed by atoms with Gasteiger partial charge in [-0.15, -0.1) is 0 Å². The Morgan fingerprint density at radius 2 is 1.91 bits per heavy atom. The van der Waals surface area contributed by atoms with Crippen molar-refractivity contribution in [2.24, 2.45) is 0 Å². The number of carbonyl (C=O) groups is 1. The fourth-order valence-electron chi connectivity index (χ4n) is 4.50. The lowest BCUT2D eigenvalue weighted by Crippen LogP contribution is -2.37. The maximum atomic E-state index is 12.2. The second-order valence-corrected chi connectivity index (χ2v) is 10.4. The molecule has 2 aromatic heterocycles. The van der Waals surface area contributed by atoms with Crippen LogP contribution in [-0.2, 0) is 22.5 Å². The Kier molecular flexibility index (Phi) is 5.92. The molecule has 0 unspecified atom stereocenters. The van der Waals surface area contributed by atoms with Crippen LogP contribution in [0.2, 0.25) is 0 Å². The highest BCUT2D eigenvalue weighted by Crippen LogP contribution is 2.29. The van der Waals surface area contributed by atoms with Crippen molar-refractivity contribution in [3.63, 3.8) is 0 Å². The minimum absolute atomic E-state index is 0.188. The zero-order valence-electron chi connectivity index (χ0n) is 20.9. The smallest absolute Gasteiger partial charge is 0.320 e. The summed E-state index contributed by atoms with van der Waals surface area (Å²) < 4.78 is 13.1. The molecule has 5 rings (SSSR count). The van der Waals surface area contributed by atoms with E-state index in [9.17, 15) is 4.79 Å². The highest BCUT2D eigenvalue weighted by molar-refractivity contribution is 5.83. The predicted molar refractivity (Wildman–Crippen MR) is 134 cm³/mol. The normalized spacial score (nSPS) is 14.5. The van der Waals surface area contributed by atoms with Gasteiger partial charge in [-0.1, -0.05) is 17.3 Å². The summed E-state index contributed by atoms with van der Waals surface area (Å²) in [4.78, 5) is 19.0. The molecule has 8 heteroatoms. The molecule has 1 aliphatic rings. The quantitative estimate of drug-likeness (QED) is 0.376. The summed E-state index contributed by atoms with van der Waals surface area (Å²) in [5.74, 6) is 0.865. The van der Waals surface area contributed by atoms with Crippen molar-refractivity contribution in [3.8, 4) is 22.8 Å². The van der Waals surface area contributed by atoms with E-state index in [0.29, 0.717) is 24.3 Å². The van der Waals surface area contributed by atoms with Crippen LogP contribution in [0.3, 0.4) is 0 Å². The van der Waals surface area contributed by atoms with E-state index in [-0.39, 0.29) is 5.97 Å². The highest BCUT2D eigenvalue weighted by atomic mass is 16.6. The molecule has 0 saturated carbocycles. The molecule has 2 aromatic carbocycles. The largest absolute Gasteiger partial charge is 0.459 e. The van der Waals surface area contributed by atoms with E-state index >= 15 is 0 Å². The zero-order chi connectivity index (χ0) is 24.7. The number of hydrogen-bond acceptors (Lipinski definition) is 7. The van der Waals surface area contributed by atoms with E-state index < -0.39 is 5.60 Å². The SMILES string of the molecule is CC(C)n1ncc2cc(-c3nc(-c4ccc5c(c4)CCN(CC(=O)OC(C)(C)C)C5)no3)ccc21. The minimum atomic E-state index is -0.467. The number of benzene rings is 2. The molecule has 0 bridgehead atoms. The lowest BCUT2D eigenvalue weighted by Gasteiger charge is -2.29. The Balaban J connectivity index is 1.31. The first kappa shape index (κ1) is 23.2. The van der Waals surface area contributed by atoms with Gasteiger partial charge in [0, 0.05) is 35.6 Å². The summed E-state index contributed by atoms with van der Waals surface area (Å²) in [5.41, 5.74) is 4.87. The van der Waals surface area contributed by atoms with Gasteiger partial charge >= 0.3 is 5.97 Å². The highest BCUT2D eigenvalue weighted by Gasteiger charge is 2.23.